The highest BCUT2D eigenvalue weighted by Crippen LogP contribution is 2.28. The van der Waals surface area contributed by atoms with E-state index in [9.17, 15) is 10.1 Å². The summed E-state index contributed by atoms with van der Waals surface area (Å²) in [5.41, 5.74) is 1.73. The minimum absolute atomic E-state index is 0.190. The molecular weight excluding hydrogens is 194 g/mol. The normalized spacial score (nSPS) is 10.1. The van der Waals surface area contributed by atoms with Gasteiger partial charge in [0.25, 0.3) is 5.69 Å². The van der Waals surface area contributed by atoms with E-state index in [2.05, 4.69) is 0 Å². The van der Waals surface area contributed by atoms with Crippen LogP contribution in [0.2, 0.25) is 0 Å². The van der Waals surface area contributed by atoms with Crippen molar-refractivity contribution in [3.05, 3.63) is 33.4 Å². The molecule has 0 aliphatic carbocycles. The molecule has 0 unspecified atom stereocenters. The molecule has 0 aliphatic rings. The van der Waals surface area contributed by atoms with Crippen molar-refractivity contribution >= 4 is 5.69 Å². The number of nitrogens with zero attached hydrogens (tertiary/aromatic N) is 1. The summed E-state index contributed by atoms with van der Waals surface area (Å²) in [6, 6.07) is 3.33. The molecule has 0 N–H and O–H groups in total. The second kappa shape index (κ2) is 4.77. The van der Waals surface area contributed by atoms with E-state index in [1.54, 1.807) is 19.2 Å². The molecule has 0 saturated carbocycles. The summed E-state index contributed by atoms with van der Waals surface area (Å²) in [6.45, 7) is 3.80. The highest BCUT2D eigenvalue weighted by molar-refractivity contribution is 5.50. The van der Waals surface area contributed by atoms with Crippen LogP contribution in [0.1, 0.15) is 24.5 Å². The third-order valence-electron chi connectivity index (χ3n) is 2.31. The first-order chi connectivity index (χ1) is 7.10. The molecule has 0 bridgehead atoms. The van der Waals surface area contributed by atoms with Crippen molar-refractivity contribution in [1.82, 2.24) is 0 Å². The summed E-state index contributed by atoms with van der Waals surface area (Å²) in [6.07, 6.45) is 1.58. The Morgan fingerprint density at radius 3 is 2.60 bits per heavy atom. The zero-order valence-electron chi connectivity index (χ0n) is 9.24. The van der Waals surface area contributed by atoms with Gasteiger partial charge in [-0.2, -0.15) is 0 Å². The van der Waals surface area contributed by atoms with Crippen molar-refractivity contribution in [2.24, 2.45) is 0 Å². The average Bonchev–Trinajstić information content (AvgIpc) is 2.20. The quantitative estimate of drug-likeness (QED) is 0.566. The number of hydrogen-bond donors (Lipinski definition) is 0. The monoisotopic (exact) mass is 209 g/mol. The second-order valence-electron chi connectivity index (χ2n) is 3.46. The fourth-order valence-electron chi connectivity index (χ4n) is 1.57. The maximum atomic E-state index is 10.8. The molecule has 0 aromatic heterocycles. The number of aryl methyl sites for hydroxylation is 2. The third-order valence-corrected chi connectivity index (χ3v) is 2.31. The van der Waals surface area contributed by atoms with Gasteiger partial charge in [0.15, 0.2) is 0 Å². The molecule has 1 rings (SSSR count). The van der Waals surface area contributed by atoms with Crippen molar-refractivity contribution in [2.45, 2.75) is 26.7 Å². The molecule has 4 nitrogen and oxygen atoms in total. The van der Waals surface area contributed by atoms with Gasteiger partial charge in [0.05, 0.1) is 12.0 Å². The maximum absolute atomic E-state index is 10.8. The van der Waals surface area contributed by atoms with Crippen LogP contribution in [0.5, 0.6) is 5.75 Å². The lowest BCUT2D eigenvalue weighted by Gasteiger charge is -2.08. The topological polar surface area (TPSA) is 52.4 Å². The van der Waals surface area contributed by atoms with Gasteiger partial charge in [-0.25, -0.2) is 0 Å². The number of methoxy groups -OCH3 is 1. The molecule has 0 fully saturated rings. The molecular formula is C11H15NO3. The van der Waals surface area contributed by atoms with Crippen LogP contribution >= 0.6 is 0 Å². The van der Waals surface area contributed by atoms with Gasteiger partial charge in [0.2, 0.25) is 0 Å². The second-order valence-corrected chi connectivity index (χ2v) is 3.46. The molecule has 82 valence electrons. The molecule has 0 saturated heterocycles. The fourth-order valence-corrected chi connectivity index (χ4v) is 1.57. The van der Waals surface area contributed by atoms with Gasteiger partial charge in [-0.05, 0) is 25.0 Å². The van der Waals surface area contributed by atoms with Crippen molar-refractivity contribution < 1.29 is 9.66 Å². The molecule has 0 heterocycles. The largest absolute Gasteiger partial charge is 0.496 e. The first-order valence-corrected chi connectivity index (χ1v) is 4.92. The Morgan fingerprint density at radius 1 is 1.47 bits per heavy atom. The van der Waals surface area contributed by atoms with Gasteiger partial charge in [-0.1, -0.05) is 13.3 Å². The minimum atomic E-state index is -0.336. The molecule has 0 spiro atoms. The van der Waals surface area contributed by atoms with E-state index in [1.165, 1.54) is 0 Å². The van der Waals surface area contributed by atoms with Crippen LogP contribution in [-0.4, -0.2) is 12.0 Å². The molecule has 1 aromatic carbocycles. The number of benzene rings is 1. The van der Waals surface area contributed by atoms with Crippen LogP contribution in [0, 0.1) is 17.0 Å². The van der Waals surface area contributed by atoms with E-state index in [1.807, 2.05) is 13.8 Å². The number of nitro benzene ring substituents is 1. The lowest BCUT2D eigenvalue weighted by Crippen LogP contribution is -1.98. The van der Waals surface area contributed by atoms with Crippen LogP contribution in [-0.2, 0) is 6.42 Å². The zero-order chi connectivity index (χ0) is 11.4. The smallest absolute Gasteiger partial charge is 0.273 e. The van der Waals surface area contributed by atoms with Crippen molar-refractivity contribution in [3.8, 4) is 5.75 Å². The number of hydrogen-bond acceptors (Lipinski definition) is 3. The highest BCUT2D eigenvalue weighted by Gasteiger charge is 2.15. The van der Waals surface area contributed by atoms with Gasteiger partial charge in [-0.3, -0.25) is 10.1 Å². The van der Waals surface area contributed by atoms with Crippen LogP contribution in [0.25, 0.3) is 0 Å². The molecule has 15 heavy (non-hydrogen) atoms. The number of rotatable bonds is 4. The van der Waals surface area contributed by atoms with Crippen LogP contribution in [0.4, 0.5) is 5.69 Å². The predicted molar refractivity (Wildman–Crippen MR) is 58.4 cm³/mol. The Hall–Kier alpha value is -1.58. The van der Waals surface area contributed by atoms with E-state index >= 15 is 0 Å². The van der Waals surface area contributed by atoms with E-state index in [4.69, 9.17) is 4.74 Å². The van der Waals surface area contributed by atoms with Gasteiger partial charge < -0.3 is 4.74 Å². The summed E-state index contributed by atoms with van der Waals surface area (Å²) in [7, 11) is 1.57. The molecule has 4 heteroatoms. The highest BCUT2D eigenvalue weighted by atomic mass is 16.6. The van der Waals surface area contributed by atoms with Crippen molar-refractivity contribution in [1.29, 1.82) is 0 Å². The zero-order valence-corrected chi connectivity index (χ0v) is 9.24. The minimum Gasteiger partial charge on any atom is -0.496 e. The first kappa shape index (κ1) is 11.5. The Balaban J connectivity index is 3.25. The Labute approximate surface area is 89.0 Å². The van der Waals surface area contributed by atoms with Crippen molar-refractivity contribution in [3.63, 3.8) is 0 Å². The standard InChI is InChI=1S/C11H15NO3/c1-4-5-9-7-11(15-3)8(2)6-10(9)12(13)14/h6-7H,4-5H2,1-3H3. The van der Waals surface area contributed by atoms with Gasteiger partial charge in [0.1, 0.15) is 5.75 Å². The number of nitro groups is 1. The average molecular weight is 209 g/mol. The van der Waals surface area contributed by atoms with Crippen LogP contribution in [0.3, 0.4) is 0 Å². The van der Waals surface area contributed by atoms with E-state index in [0.29, 0.717) is 12.2 Å². The van der Waals surface area contributed by atoms with Gasteiger partial charge in [-0.15, -0.1) is 0 Å². The summed E-state index contributed by atoms with van der Waals surface area (Å²) in [4.78, 5) is 10.5. The lowest BCUT2D eigenvalue weighted by molar-refractivity contribution is -0.385. The summed E-state index contributed by atoms with van der Waals surface area (Å²) in [5, 5.41) is 10.8. The van der Waals surface area contributed by atoms with Crippen LogP contribution < -0.4 is 4.74 Å². The summed E-state index contributed by atoms with van der Waals surface area (Å²) in [5.74, 6) is 0.712. The molecule has 0 amide bonds. The Kier molecular flexibility index (Phi) is 3.66. The molecule has 0 aliphatic heterocycles. The van der Waals surface area contributed by atoms with E-state index < -0.39 is 0 Å². The Bertz CT molecular complexity index is 374. The summed E-state index contributed by atoms with van der Waals surface area (Å²) < 4.78 is 5.14. The van der Waals surface area contributed by atoms with Crippen molar-refractivity contribution in [2.75, 3.05) is 7.11 Å². The Morgan fingerprint density at radius 2 is 2.13 bits per heavy atom. The summed E-state index contributed by atoms with van der Waals surface area (Å²) >= 11 is 0. The fraction of sp³-hybridized carbons (Fsp3) is 0.455. The molecule has 0 atom stereocenters. The number of ether oxygens (including phenoxy) is 1. The lowest BCUT2D eigenvalue weighted by atomic mass is 10.0. The van der Waals surface area contributed by atoms with Gasteiger partial charge in [0, 0.05) is 11.6 Å². The molecule has 0 radical (unpaired) electrons. The van der Waals surface area contributed by atoms with E-state index in [0.717, 1.165) is 17.5 Å². The third kappa shape index (κ3) is 2.46. The maximum Gasteiger partial charge on any atom is 0.273 e. The first-order valence-electron chi connectivity index (χ1n) is 4.92. The molecule has 1 aromatic rings. The van der Waals surface area contributed by atoms with Gasteiger partial charge >= 0.3 is 0 Å². The predicted octanol–water partition coefficient (Wildman–Crippen LogP) is 2.86. The van der Waals surface area contributed by atoms with E-state index in [-0.39, 0.29) is 10.6 Å². The SMILES string of the molecule is CCCc1cc(OC)c(C)cc1[N+](=O)[O-]. The van der Waals surface area contributed by atoms with Crippen LogP contribution in [0.15, 0.2) is 12.1 Å².